The molecule has 0 aliphatic carbocycles. The lowest BCUT2D eigenvalue weighted by atomic mass is 10.1. The molecule has 0 aromatic carbocycles. The van der Waals surface area contributed by atoms with Gasteiger partial charge in [-0.3, -0.25) is 15.6 Å². The molecule has 0 spiro atoms. The molecule has 5 nitrogen and oxygen atoms in total. The molecule has 1 aromatic rings. The minimum atomic E-state index is -0.0517. The van der Waals surface area contributed by atoms with Gasteiger partial charge in [0.2, 0.25) is 0 Å². The van der Waals surface area contributed by atoms with E-state index >= 15 is 0 Å². The molecule has 0 radical (unpaired) electrons. The van der Waals surface area contributed by atoms with Gasteiger partial charge in [-0.2, -0.15) is 0 Å². The van der Waals surface area contributed by atoms with Crippen molar-refractivity contribution in [3.05, 3.63) is 23.5 Å². The van der Waals surface area contributed by atoms with Crippen molar-refractivity contribution >= 4 is 11.6 Å². The number of nitrogens with one attached hydrogen (secondary N) is 1. The summed E-state index contributed by atoms with van der Waals surface area (Å²) in [6, 6.07) is 2.01. The van der Waals surface area contributed by atoms with E-state index in [4.69, 9.17) is 5.84 Å². The summed E-state index contributed by atoms with van der Waals surface area (Å²) in [5.74, 6) is 5.40. The Morgan fingerprint density at radius 2 is 2.11 bits per heavy atom. The normalized spacial score (nSPS) is 10.6. The minimum Gasteiger partial charge on any atom is -0.339 e. The van der Waals surface area contributed by atoms with Gasteiger partial charge in [-0.25, -0.2) is 0 Å². The number of carbonyl (C=O) groups excluding carboxylic acids is 1. The summed E-state index contributed by atoms with van der Waals surface area (Å²) < 4.78 is 0. The molecule has 1 aromatic heterocycles. The maximum Gasteiger partial charge on any atom is 0.257 e. The van der Waals surface area contributed by atoms with Crippen molar-refractivity contribution in [3.8, 4) is 0 Å². The van der Waals surface area contributed by atoms with Gasteiger partial charge in [0, 0.05) is 25.0 Å². The van der Waals surface area contributed by atoms with Gasteiger partial charge < -0.3 is 10.3 Å². The van der Waals surface area contributed by atoms with E-state index in [0.717, 1.165) is 18.5 Å². The number of amides is 1. The number of rotatable bonds is 5. The Bertz CT molecular complexity index is 415. The van der Waals surface area contributed by atoms with Crippen LogP contribution in [-0.4, -0.2) is 28.9 Å². The van der Waals surface area contributed by atoms with Gasteiger partial charge in [-0.1, -0.05) is 13.8 Å². The Kier molecular flexibility index (Phi) is 5.09. The lowest BCUT2D eigenvalue weighted by Gasteiger charge is -2.27. The topological polar surface area (TPSA) is 71.2 Å². The van der Waals surface area contributed by atoms with Gasteiger partial charge in [-0.15, -0.1) is 0 Å². The van der Waals surface area contributed by atoms with Crippen molar-refractivity contribution in [1.29, 1.82) is 0 Å². The number of pyridine rings is 1. The standard InChI is InChI=1S/C13H22N4O/c1-5-10(6-2)17(4)13(18)11-8-15-9(3)7-12(11)16-14/h7-8,10H,5-6,14H2,1-4H3,(H,15,16). The molecular formula is C13H22N4O. The summed E-state index contributed by atoms with van der Waals surface area (Å²) in [6.07, 6.45) is 3.44. The van der Waals surface area contributed by atoms with Crippen LogP contribution in [0.2, 0.25) is 0 Å². The van der Waals surface area contributed by atoms with Gasteiger partial charge in [-0.05, 0) is 25.8 Å². The van der Waals surface area contributed by atoms with Crippen LogP contribution in [0.15, 0.2) is 12.3 Å². The third kappa shape index (κ3) is 2.98. The number of aromatic nitrogens is 1. The van der Waals surface area contributed by atoms with E-state index in [2.05, 4.69) is 24.3 Å². The SMILES string of the molecule is CCC(CC)N(C)C(=O)c1cnc(C)cc1NN. The summed E-state index contributed by atoms with van der Waals surface area (Å²) in [4.78, 5) is 18.3. The van der Waals surface area contributed by atoms with E-state index in [0.29, 0.717) is 11.3 Å². The predicted molar refractivity (Wildman–Crippen MR) is 73.2 cm³/mol. The number of hydrogen-bond donors (Lipinski definition) is 2. The molecule has 1 heterocycles. The number of hydrazine groups is 1. The van der Waals surface area contributed by atoms with Crippen LogP contribution in [-0.2, 0) is 0 Å². The fourth-order valence-corrected chi connectivity index (χ4v) is 2.04. The summed E-state index contributed by atoms with van der Waals surface area (Å²) in [7, 11) is 1.82. The first kappa shape index (κ1) is 14.4. The first-order valence-corrected chi connectivity index (χ1v) is 6.25. The predicted octanol–water partition coefficient (Wildman–Crippen LogP) is 1.94. The first-order valence-electron chi connectivity index (χ1n) is 6.25. The highest BCUT2D eigenvalue weighted by atomic mass is 16.2. The minimum absolute atomic E-state index is 0.0517. The molecule has 5 heteroatoms. The largest absolute Gasteiger partial charge is 0.339 e. The van der Waals surface area contributed by atoms with Crippen molar-refractivity contribution < 1.29 is 4.79 Å². The van der Waals surface area contributed by atoms with E-state index in [1.807, 2.05) is 14.0 Å². The van der Waals surface area contributed by atoms with Gasteiger partial charge >= 0.3 is 0 Å². The molecule has 1 amide bonds. The van der Waals surface area contributed by atoms with Crippen LogP contribution in [0.3, 0.4) is 0 Å². The maximum absolute atomic E-state index is 12.4. The molecule has 3 N–H and O–H groups in total. The van der Waals surface area contributed by atoms with Crippen molar-refractivity contribution in [2.75, 3.05) is 12.5 Å². The number of hydrogen-bond acceptors (Lipinski definition) is 4. The average Bonchev–Trinajstić information content (AvgIpc) is 2.39. The fourth-order valence-electron chi connectivity index (χ4n) is 2.04. The molecule has 18 heavy (non-hydrogen) atoms. The average molecular weight is 250 g/mol. The lowest BCUT2D eigenvalue weighted by molar-refractivity contribution is 0.0724. The number of anilines is 1. The second-order valence-corrected chi connectivity index (χ2v) is 4.40. The van der Waals surface area contributed by atoms with E-state index in [1.165, 1.54) is 0 Å². The van der Waals surface area contributed by atoms with Crippen LogP contribution >= 0.6 is 0 Å². The number of nitrogens with two attached hydrogens (primary N) is 1. The third-order valence-electron chi connectivity index (χ3n) is 3.24. The van der Waals surface area contributed by atoms with Gasteiger partial charge in [0.1, 0.15) is 0 Å². The van der Waals surface area contributed by atoms with Crippen molar-refractivity contribution in [1.82, 2.24) is 9.88 Å². The lowest BCUT2D eigenvalue weighted by Crippen LogP contribution is -2.36. The molecule has 0 saturated heterocycles. The van der Waals surface area contributed by atoms with Gasteiger partial charge in [0.05, 0.1) is 11.3 Å². The second-order valence-electron chi connectivity index (χ2n) is 4.40. The Balaban J connectivity index is 3.03. The Morgan fingerprint density at radius 1 is 1.50 bits per heavy atom. The molecule has 0 bridgehead atoms. The number of nitrogens with zero attached hydrogens (tertiary/aromatic N) is 2. The highest BCUT2D eigenvalue weighted by molar-refractivity contribution is 5.99. The first-order chi connectivity index (χ1) is 8.54. The van der Waals surface area contributed by atoms with E-state index in [9.17, 15) is 4.79 Å². The second kappa shape index (κ2) is 6.35. The zero-order valence-electron chi connectivity index (χ0n) is 11.5. The summed E-state index contributed by atoms with van der Waals surface area (Å²) in [6.45, 7) is 6.01. The van der Waals surface area contributed by atoms with E-state index in [-0.39, 0.29) is 11.9 Å². The van der Waals surface area contributed by atoms with Gasteiger partial charge in [0.15, 0.2) is 0 Å². The van der Waals surface area contributed by atoms with Crippen LogP contribution in [0.5, 0.6) is 0 Å². The number of nitrogen functional groups attached to an aromatic ring is 1. The number of carbonyl (C=O) groups is 1. The maximum atomic E-state index is 12.4. The zero-order valence-corrected chi connectivity index (χ0v) is 11.5. The molecule has 0 fully saturated rings. The zero-order chi connectivity index (χ0) is 13.7. The Hall–Kier alpha value is -1.62. The molecule has 100 valence electrons. The fraction of sp³-hybridized carbons (Fsp3) is 0.538. The van der Waals surface area contributed by atoms with E-state index < -0.39 is 0 Å². The van der Waals surface area contributed by atoms with Gasteiger partial charge in [0.25, 0.3) is 5.91 Å². The highest BCUT2D eigenvalue weighted by Crippen LogP contribution is 2.18. The Morgan fingerprint density at radius 3 is 2.61 bits per heavy atom. The summed E-state index contributed by atoms with van der Waals surface area (Å²) >= 11 is 0. The molecule has 1 rings (SSSR count). The quantitative estimate of drug-likeness (QED) is 0.619. The molecular weight excluding hydrogens is 228 g/mol. The van der Waals surface area contributed by atoms with Crippen LogP contribution in [0.4, 0.5) is 5.69 Å². The van der Waals surface area contributed by atoms with Crippen LogP contribution < -0.4 is 11.3 Å². The van der Waals surface area contributed by atoms with Crippen molar-refractivity contribution in [2.45, 2.75) is 39.7 Å². The Labute approximate surface area is 108 Å². The van der Waals surface area contributed by atoms with E-state index in [1.54, 1.807) is 17.2 Å². The third-order valence-corrected chi connectivity index (χ3v) is 3.24. The monoisotopic (exact) mass is 250 g/mol. The molecule has 0 aliphatic rings. The van der Waals surface area contributed by atoms with Crippen molar-refractivity contribution in [3.63, 3.8) is 0 Å². The smallest absolute Gasteiger partial charge is 0.257 e. The molecule has 0 aliphatic heterocycles. The van der Waals surface area contributed by atoms with Crippen LogP contribution in [0, 0.1) is 6.92 Å². The van der Waals surface area contributed by atoms with Crippen LogP contribution in [0.25, 0.3) is 0 Å². The summed E-state index contributed by atoms with van der Waals surface area (Å²) in [5.41, 5.74) is 4.51. The molecule has 0 unspecified atom stereocenters. The van der Waals surface area contributed by atoms with Crippen molar-refractivity contribution in [2.24, 2.45) is 5.84 Å². The molecule has 0 saturated carbocycles. The summed E-state index contributed by atoms with van der Waals surface area (Å²) in [5, 5.41) is 0. The number of aryl methyl sites for hydroxylation is 1. The highest BCUT2D eigenvalue weighted by Gasteiger charge is 2.21. The molecule has 0 atom stereocenters. The van der Waals surface area contributed by atoms with Crippen LogP contribution in [0.1, 0.15) is 42.7 Å².